The molecule has 0 aliphatic carbocycles. The van der Waals surface area contributed by atoms with E-state index in [0.29, 0.717) is 5.02 Å². The summed E-state index contributed by atoms with van der Waals surface area (Å²) in [6.45, 7) is 2.15. The van der Waals surface area contributed by atoms with Gasteiger partial charge in [0, 0.05) is 6.20 Å². The molecular weight excluding hydrogens is 244 g/mol. The van der Waals surface area contributed by atoms with Gasteiger partial charge in [-0.15, -0.1) is 0 Å². The highest BCUT2D eigenvalue weighted by molar-refractivity contribution is 6.31. The fourth-order valence-electron chi connectivity index (χ4n) is 2.02. The van der Waals surface area contributed by atoms with Gasteiger partial charge in [-0.3, -0.25) is 4.98 Å². The van der Waals surface area contributed by atoms with Gasteiger partial charge in [-0.1, -0.05) is 42.8 Å². The van der Waals surface area contributed by atoms with Crippen LogP contribution in [0.4, 0.5) is 0 Å². The van der Waals surface area contributed by atoms with E-state index in [1.807, 2.05) is 19.2 Å². The highest BCUT2D eigenvalue weighted by atomic mass is 35.5. The third kappa shape index (κ3) is 2.71. The van der Waals surface area contributed by atoms with E-state index in [1.165, 1.54) is 11.1 Å². The minimum absolute atomic E-state index is 0.0320. The Labute approximate surface area is 113 Å². The quantitative estimate of drug-likeness (QED) is 0.909. The SMILES string of the molecule is CCc1ccc(C(NC)c2ncccc2Cl)cc1. The highest BCUT2D eigenvalue weighted by Gasteiger charge is 2.15. The molecule has 0 aliphatic heterocycles. The molecule has 0 saturated carbocycles. The number of halogens is 1. The van der Waals surface area contributed by atoms with Crippen LogP contribution in [0.5, 0.6) is 0 Å². The number of pyridine rings is 1. The van der Waals surface area contributed by atoms with Gasteiger partial charge in [0.15, 0.2) is 0 Å². The summed E-state index contributed by atoms with van der Waals surface area (Å²) in [6, 6.07) is 12.3. The molecule has 1 atom stereocenters. The Morgan fingerprint density at radius 3 is 2.50 bits per heavy atom. The van der Waals surface area contributed by atoms with Crippen LogP contribution >= 0.6 is 11.6 Å². The van der Waals surface area contributed by atoms with Gasteiger partial charge in [0.1, 0.15) is 0 Å². The molecule has 1 unspecified atom stereocenters. The number of nitrogens with zero attached hydrogens (tertiary/aromatic N) is 1. The largest absolute Gasteiger partial charge is 0.308 e. The van der Waals surface area contributed by atoms with Crippen molar-refractivity contribution in [2.24, 2.45) is 0 Å². The van der Waals surface area contributed by atoms with Gasteiger partial charge in [0.25, 0.3) is 0 Å². The molecule has 1 N–H and O–H groups in total. The summed E-state index contributed by atoms with van der Waals surface area (Å²) in [5.74, 6) is 0. The zero-order chi connectivity index (χ0) is 13.0. The average molecular weight is 261 g/mol. The van der Waals surface area contributed by atoms with Crippen LogP contribution in [0, 0.1) is 0 Å². The third-order valence-corrected chi connectivity index (χ3v) is 3.39. The molecule has 1 aromatic carbocycles. The number of hydrogen-bond donors (Lipinski definition) is 1. The first-order valence-electron chi connectivity index (χ1n) is 6.12. The maximum Gasteiger partial charge on any atom is 0.0804 e. The Bertz CT molecular complexity index is 508. The Hall–Kier alpha value is -1.38. The minimum Gasteiger partial charge on any atom is -0.308 e. The van der Waals surface area contributed by atoms with E-state index in [-0.39, 0.29) is 6.04 Å². The number of aromatic nitrogens is 1. The number of nitrogens with one attached hydrogen (secondary N) is 1. The van der Waals surface area contributed by atoms with Gasteiger partial charge in [0.2, 0.25) is 0 Å². The lowest BCUT2D eigenvalue weighted by Crippen LogP contribution is -2.19. The highest BCUT2D eigenvalue weighted by Crippen LogP contribution is 2.26. The molecule has 18 heavy (non-hydrogen) atoms. The number of rotatable bonds is 4. The average Bonchev–Trinajstić information content (AvgIpc) is 2.42. The smallest absolute Gasteiger partial charge is 0.0804 e. The van der Waals surface area contributed by atoms with Crippen molar-refractivity contribution in [2.75, 3.05) is 7.05 Å². The Kier molecular flexibility index (Phi) is 4.34. The van der Waals surface area contributed by atoms with Gasteiger partial charge < -0.3 is 5.32 Å². The standard InChI is InChI=1S/C15H17ClN2/c1-3-11-6-8-12(9-7-11)14(17-2)15-13(16)5-4-10-18-15/h4-10,14,17H,3H2,1-2H3. The summed E-state index contributed by atoms with van der Waals surface area (Å²) in [5, 5.41) is 3.96. The summed E-state index contributed by atoms with van der Waals surface area (Å²) < 4.78 is 0. The summed E-state index contributed by atoms with van der Waals surface area (Å²) in [7, 11) is 1.92. The van der Waals surface area contributed by atoms with Crippen molar-refractivity contribution >= 4 is 11.6 Å². The Morgan fingerprint density at radius 2 is 1.94 bits per heavy atom. The zero-order valence-electron chi connectivity index (χ0n) is 10.7. The first-order chi connectivity index (χ1) is 8.76. The number of aryl methyl sites for hydroxylation is 1. The van der Waals surface area contributed by atoms with Gasteiger partial charge >= 0.3 is 0 Å². The molecule has 1 heterocycles. The van der Waals surface area contributed by atoms with Gasteiger partial charge in [-0.2, -0.15) is 0 Å². The van der Waals surface area contributed by atoms with Crippen LogP contribution in [0.2, 0.25) is 5.02 Å². The normalized spacial score (nSPS) is 12.4. The molecule has 0 amide bonds. The van der Waals surface area contributed by atoms with E-state index < -0.39 is 0 Å². The van der Waals surface area contributed by atoms with Gasteiger partial charge in [-0.05, 0) is 36.7 Å². The second-order valence-corrected chi connectivity index (χ2v) is 4.59. The maximum atomic E-state index is 6.20. The summed E-state index contributed by atoms with van der Waals surface area (Å²) in [4.78, 5) is 4.37. The fourth-order valence-corrected chi connectivity index (χ4v) is 2.25. The van der Waals surface area contributed by atoms with E-state index in [2.05, 4.69) is 41.5 Å². The van der Waals surface area contributed by atoms with Gasteiger partial charge in [-0.25, -0.2) is 0 Å². The van der Waals surface area contributed by atoms with Crippen LogP contribution in [0.15, 0.2) is 42.6 Å². The van der Waals surface area contributed by atoms with E-state index in [0.717, 1.165) is 12.1 Å². The fraction of sp³-hybridized carbons (Fsp3) is 0.267. The second kappa shape index (κ2) is 5.98. The predicted octanol–water partition coefficient (Wildman–Crippen LogP) is 3.61. The zero-order valence-corrected chi connectivity index (χ0v) is 11.4. The summed E-state index contributed by atoms with van der Waals surface area (Å²) in [6.07, 6.45) is 2.82. The lowest BCUT2D eigenvalue weighted by atomic mass is 10.0. The van der Waals surface area contributed by atoms with Gasteiger partial charge in [0.05, 0.1) is 16.8 Å². The molecule has 2 nitrogen and oxygen atoms in total. The maximum absolute atomic E-state index is 6.20. The lowest BCUT2D eigenvalue weighted by Gasteiger charge is -2.17. The molecule has 2 aromatic rings. The van der Waals surface area contributed by atoms with Crippen molar-refractivity contribution in [1.29, 1.82) is 0 Å². The van der Waals surface area contributed by atoms with Crippen LogP contribution in [0.3, 0.4) is 0 Å². The molecule has 0 aliphatic rings. The van der Waals surface area contributed by atoms with Crippen LogP contribution in [0.1, 0.15) is 29.8 Å². The van der Waals surface area contributed by atoms with Crippen molar-refractivity contribution in [1.82, 2.24) is 10.3 Å². The first kappa shape index (κ1) is 13.1. The first-order valence-corrected chi connectivity index (χ1v) is 6.50. The van der Waals surface area contributed by atoms with Crippen LogP contribution < -0.4 is 5.32 Å². The molecule has 0 fully saturated rings. The number of benzene rings is 1. The minimum atomic E-state index is 0.0320. The topological polar surface area (TPSA) is 24.9 Å². The molecule has 0 radical (unpaired) electrons. The molecule has 3 heteroatoms. The van der Waals surface area contributed by atoms with Crippen LogP contribution in [0.25, 0.3) is 0 Å². The predicted molar refractivity (Wildman–Crippen MR) is 76.0 cm³/mol. The van der Waals surface area contributed by atoms with Crippen LogP contribution in [-0.4, -0.2) is 12.0 Å². The van der Waals surface area contributed by atoms with Crippen molar-refractivity contribution < 1.29 is 0 Å². The molecule has 1 aromatic heterocycles. The third-order valence-electron chi connectivity index (χ3n) is 3.07. The molecule has 94 valence electrons. The summed E-state index contributed by atoms with van der Waals surface area (Å²) >= 11 is 6.20. The number of hydrogen-bond acceptors (Lipinski definition) is 2. The van der Waals surface area contributed by atoms with Crippen molar-refractivity contribution in [3.8, 4) is 0 Å². The molecule has 2 rings (SSSR count). The molecule has 0 bridgehead atoms. The Morgan fingerprint density at radius 1 is 1.22 bits per heavy atom. The van der Waals surface area contributed by atoms with Crippen molar-refractivity contribution in [2.45, 2.75) is 19.4 Å². The van der Waals surface area contributed by atoms with Crippen molar-refractivity contribution in [3.05, 3.63) is 64.4 Å². The van der Waals surface area contributed by atoms with E-state index in [4.69, 9.17) is 11.6 Å². The van der Waals surface area contributed by atoms with E-state index in [1.54, 1.807) is 6.20 Å². The van der Waals surface area contributed by atoms with E-state index >= 15 is 0 Å². The Balaban J connectivity index is 2.36. The van der Waals surface area contributed by atoms with E-state index in [9.17, 15) is 0 Å². The molecule has 0 saturated heterocycles. The molecular formula is C15H17ClN2. The second-order valence-electron chi connectivity index (χ2n) is 4.19. The summed E-state index contributed by atoms with van der Waals surface area (Å²) in [5.41, 5.74) is 3.38. The van der Waals surface area contributed by atoms with Crippen molar-refractivity contribution in [3.63, 3.8) is 0 Å². The lowest BCUT2D eigenvalue weighted by molar-refractivity contribution is 0.671. The van der Waals surface area contributed by atoms with Crippen LogP contribution in [-0.2, 0) is 6.42 Å². The monoisotopic (exact) mass is 260 g/mol. The molecule has 0 spiro atoms.